The van der Waals surface area contributed by atoms with Crippen molar-refractivity contribution in [1.29, 1.82) is 0 Å². The average molecular weight is 296 g/mol. The van der Waals surface area contributed by atoms with E-state index in [0.29, 0.717) is 21.3 Å². The number of amides is 1. The number of hydrogen-bond donors (Lipinski definition) is 1. The molecule has 1 amide bonds. The predicted molar refractivity (Wildman–Crippen MR) is 79.8 cm³/mol. The molecule has 100 valence electrons. The number of carbonyl (C=O) groups is 1. The summed E-state index contributed by atoms with van der Waals surface area (Å²) in [5.41, 5.74) is 1.69. The molecule has 0 saturated carbocycles. The first-order valence-electron chi connectivity index (χ1n) is 5.73. The van der Waals surface area contributed by atoms with Crippen LogP contribution in [0.1, 0.15) is 20.1 Å². The first kappa shape index (κ1) is 13.9. The van der Waals surface area contributed by atoms with E-state index in [0.717, 1.165) is 10.4 Å². The van der Waals surface area contributed by atoms with Crippen LogP contribution in [0, 0.1) is 13.8 Å². The van der Waals surface area contributed by atoms with Crippen LogP contribution in [-0.2, 0) is 0 Å². The highest BCUT2D eigenvalue weighted by Crippen LogP contribution is 2.29. The van der Waals surface area contributed by atoms with Gasteiger partial charge >= 0.3 is 0 Å². The van der Waals surface area contributed by atoms with E-state index in [2.05, 4.69) is 5.32 Å². The van der Waals surface area contributed by atoms with E-state index in [1.807, 2.05) is 19.9 Å². The van der Waals surface area contributed by atoms with Gasteiger partial charge in [-0.25, -0.2) is 0 Å². The van der Waals surface area contributed by atoms with E-state index in [9.17, 15) is 4.79 Å². The number of methoxy groups -OCH3 is 1. The lowest BCUT2D eigenvalue weighted by Crippen LogP contribution is -2.11. The number of carbonyl (C=O) groups excluding carboxylic acids is 1. The third kappa shape index (κ3) is 3.08. The van der Waals surface area contributed by atoms with E-state index in [-0.39, 0.29) is 5.91 Å². The van der Waals surface area contributed by atoms with Crippen LogP contribution in [0.15, 0.2) is 24.3 Å². The average Bonchev–Trinajstić information content (AvgIpc) is 2.70. The largest absolute Gasteiger partial charge is 0.495 e. The Balaban J connectivity index is 2.25. The molecule has 1 N–H and O–H groups in total. The van der Waals surface area contributed by atoms with Gasteiger partial charge in [-0.15, -0.1) is 11.3 Å². The highest BCUT2D eigenvalue weighted by Gasteiger charge is 2.13. The molecule has 3 nitrogen and oxygen atoms in total. The minimum Gasteiger partial charge on any atom is -0.495 e. The lowest BCUT2D eigenvalue weighted by molar-refractivity contribution is 0.103. The smallest absolute Gasteiger partial charge is 0.265 e. The number of anilines is 1. The van der Waals surface area contributed by atoms with Gasteiger partial charge in [0.25, 0.3) is 5.91 Å². The van der Waals surface area contributed by atoms with Crippen LogP contribution in [-0.4, -0.2) is 13.0 Å². The summed E-state index contributed by atoms with van der Waals surface area (Å²) in [6.07, 6.45) is 0. The van der Waals surface area contributed by atoms with E-state index in [1.165, 1.54) is 11.3 Å². The van der Waals surface area contributed by atoms with Gasteiger partial charge < -0.3 is 10.1 Å². The van der Waals surface area contributed by atoms with Crippen molar-refractivity contribution in [2.45, 2.75) is 13.8 Å². The fourth-order valence-electron chi connectivity index (χ4n) is 1.65. The van der Waals surface area contributed by atoms with Crippen molar-refractivity contribution in [2.24, 2.45) is 0 Å². The van der Waals surface area contributed by atoms with Gasteiger partial charge in [-0.2, -0.15) is 0 Å². The molecule has 19 heavy (non-hydrogen) atoms. The van der Waals surface area contributed by atoms with Gasteiger partial charge in [0.15, 0.2) is 0 Å². The van der Waals surface area contributed by atoms with Crippen LogP contribution in [0.2, 0.25) is 5.02 Å². The summed E-state index contributed by atoms with van der Waals surface area (Å²) in [5.74, 6) is 0.435. The van der Waals surface area contributed by atoms with E-state index < -0.39 is 0 Å². The maximum absolute atomic E-state index is 12.2. The topological polar surface area (TPSA) is 38.3 Å². The normalized spacial score (nSPS) is 10.3. The van der Waals surface area contributed by atoms with Gasteiger partial charge in [0.1, 0.15) is 5.75 Å². The van der Waals surface area contributed by atoms with Crippen molar-refractivity contribution in [3.8, 4) is 5.75 Å². The summed E-state index contributed by atoms with van der Waals surface area (Å²) >= 11 is 7.40. The Bertz CT molecular complexity index is 602. The van der Waals surface area contributed by atoms with Crippen molar-refractivity contribution in [3.63, 3.8) is 0 Å². The molecule has 0 fully saturated rings. The minimum absolute atomic E-state index is 0.151. The molecule has 0 saturated heterocycles. The summed E-state index contributed by atoms with van der Waals surface area (Å²) < 4.78 is 5.20. The number of halogens is 1. The fraction of sp³-hybridized carbons (Fsp3) is 0.214. The first-order valence-corrected chi connectivity index (χ1v) is 6.92. The number of hydrogen-bond acceptors (Lipinski definition) is 3. The molecule has 0 aliphatic heterocycles. The van der Waals surface area contributed by atoms with Gasteiger partial charge in [-0.3, -0.25) is 4.79 Å². The maximum Gasteiger partial charge on any atom is 0.265 e. The van der Waals surface area contributed by atoms with E-state index >= 15 is 0 Å². The molecular weight excluding hydrogens is 282 g/mol. The third-order valence-corrected chi connectivity index (χ3v) is 4.19. The summed E-state index contributed by atoms with van der Waals surface area (Å²) in [7, 11) is 1.55. The van der Waals surface area contributed by atoms with Gasteiger partial charge in [-0.1, -0.05) is 11.6 Å². The minimum atomic E-state index is -0.151. The van der Waals surface area contributed by atoms with E-state index in [1.54, 1.807) is 25.3 Å². The zero-order valence-corrected chi connectivity index (χ0v) is 12.5. The molecule has 1 heterocycles. The summed E-state index contributed by atoms with van der Waals surface area (Å²) in [6, 6.07) is 7.00. The molecule has 0 aliphatic carbocycles. The standard InChI is InChI=1S/C14H14ClNO2S/c1-8-6-13(19-9(8)2)14(17)16-11-7-10(15)4-5-12(11)18-3/h4-7H,1-3H3,(H,16,17). The van der Waals surface area contributed by atoms with E-state index in [4.69, 9.17) is 16.3 Å². The van der Waals surface area contributed by atoms with Crippen molar-refractivity contribution in [3.05, 3.63) is 44.6 Å². The SMILES string of the molecule is COc1ccc(Cl)cc1NC(=O)c1cc(C)c(C)s1. The Hall–Kier alpha value is -1.52. The lowest BCUT2D eigenvalue weighted by Gasteiger charge is -2.09. The second-order valence-corrected chi connectivity index (χ2v) is 5.84. The van der Waals surface area contributed by atoms with Crippen LogP contribution < -0.4 is 10.1 Å². The summed E-state index contributed by atoms with van der Waals surface area (Å²) in [5, 5.41) is 3.37. The number of ether oxygens (including phenoxy) is 1. The van der Waals surface area contributed by atoms with Crippen molar-refractivity contribution < 1.29 is 9.53 Å². The van der Waals surface area contributed by atoms with Crippen molar-refractivity contribution >= 4 is 34.5 Å². The number of aryl methyl sites for hydroxylation is 2. The van der Waals surface area contributed by atoms with Crippen LogP contribution in [0.3, 0.4) is 0 Å². The molecule has 0 aliphatic rings. The number of nitrogens with one attached hydrogen (secondary N) is 1. The molecule has 2 rings (SSSR count). The number of benzene rings is 1. The fourth-order valence-corrected chi connectivity index (χ4v) is 2.75. The number of thiophene rings is 1. The Kier molecular flexibility index (Phi) is 4.12. The van der Waals surface area contributed by atoms with Gasteiger partial charge in [-0.05, 0) is 43.7 Å². The molecule has 2 aromatic rings. The summed E-state index contributed by atoms with van der Waals surface area (Å²) in [4.78, 5) is 14.0. The zero-order valence-electron chi connectivity index (χ0n) is 10.9. The third-order valence-electron chi connectivity index (χ3n) is 2.80. The summed E-state index contributed by atoms with van der Waals surface area (Å²) in [6.45, 7) is 3.99. The molecule has 0 radical (unpaired) electrons. The van der Waals surface area contributed by atoms with Crippen molar-refractivity contribution in [2.75, 3.05) is 12.4 Å². The quantitative estimate of drug-likeness (QED) is 0.918. The molecule has 0 bridgehead atoms. The highest BCUT2D eigenvalue weighted by molar-refractivity contribution is 7.14. The molecule has 0 unspecified atom stereocenters. The molecular formula is C14H14ClNO2S. The molecule has 0 spiro atoms. The second kappa shape index (κ2) is 5.63. The monoisotopic (exact) mass is 295 g/mol. The second-order valence-electron chi connectivity index (χ2n) is 4.15. The number of rotatable bonds is 3. The van der Waals surface area contributed by atoms with Crippen LogP contribution >= 0.6 is 22.9 Å². The maximum atomic E-state index is 12.2. The molecule has 1 aromatic heterocycles. The first-order chi connectivity index (χ1) is 9.01. The van der Waals surface area contributed by atoms with Crippen LogP contribution in [0.5, 0.6) is 5.75 Å². The van der Waals surface area contributed by atoms with Crippen LogP contribution in [0.4, 0.5) is 5.69 Å². The van der Waals surface area contributed by atoms with Gasteiger partial charge in [0.2, 0.25) is 0 Å². The molecule has 0 atom stereocenters. The Morgan fingerprint density at radius 3 is 2.63 bits per heavy atom. The highest BCUT2D eigenvalue weighted by atomic mass is 35.5. The Morgan fingerprint density at radius 2 is 2.05 bits per heavy atom. The Morgan fingerprint density at radius 1 is 1.32 bits per heavy atom. The predicted octanol–water partition coefficient (Wildman–Crippen LogP) is 4.28. The van der Waals surface area contributed by atoms with Crippen LogP contribution in [0.25, 0.3) is 0 Å². The van der Waals surface area contributed by atoms with Gasteiger partial charge in [0.05, 0.1) is 17.7 Å². The van der Waals surface area contributed by atoms with Gasteiger partial charge in [0, 0.05) is 9.90 Å². The molecule has 1 aromatic carbocycles. The lowest BCUT2D eigenvalue weighted by atomic mass is 10.2. The molecule has 5 heteroatoms. The Labute approximate surface area is 121 Å². The van der Waals surface area contributed by atoms with Crippen molar-refractivity contribution in [1.82, 2.24) is 0 Å². The zero-order chi connectivity index (χ0) is 14.0.